The van der Waals surface area contributed by atoms with E-state index in [9.17, 15) is 4.79 Å². The smallest absolute Gasteiger partial charge is 0.343 e. The first-order valence-electron chi connectivity index (χ1n) is 3.29. The highest BCUT2D eigenvalue weighted by Crippen LogP contribution is 1.81. The molecule has 0 spiro atoms. The molecule has 13 heavy (non-hydrogen) atoms. The van der Waals surface area contributed by atoms with Crippen LogP contribution >= 0.6 is 0 Å². The minimum Gasteiger partial charge on any atom is -0.343 e. The molecule has 7 heteroatoms. The molecule has 0 aliphatic carbocycles. The first-order valence-corrected chi connectivity index (χ1v) is 4.69. The van der Waals surface area contributed by atoms with Crippen LogP contribution in [0.5, 0.6) is 0 Å². The lowest BCUT2D eigenvalue weighted by molar-refractivity contribution is -0.124. The number of carbonyl (C=O) groups is 1. The van der Waals surface area contributed by atoms with Crippen molar-refractivity contribution in [2.45, 2.75) is 6.92 Å². The lowest BCUT2D eigenvalue weighted by Gasteiger charge is -2.09. The fourth-order valence-corrected chi connectivity index (χ4v) is 0.312. The molecular formula is C6H13NO5S. The van der Waals surface area contributed by atoms with E-state index in [-0.39, 0.29) is 5.91 Å². The summed E-state index contributed by atoms with van der Waals surface area (Å²) in [6.45, 7) is 6.00. The highest BCUT2D eigenvalue weighted by molar-refractivity contribution is 7.79. The standard InChI is InChI=1S/C6H11NO.H2O4S/c1-4-6(8)7(3)5-2;1-5(2,3)4/h4H,1,5H2,2-3H3;(H2,1,2,3,4). The summed E-state index contributed by atoms with van der Waals surface area (Å²) in [6, 6.07) is 0. The maximum absolute atomic E-state index is 10.6. The summed E-state index contributed by atoms with van der Waals surface area (Å²) in [5.41, 5.74) is 0. The van der Waals surface area contributed by atoms with Gasteiger partial charge in [0.1, 0.15) is 0 Å². The molecule has 78 valence electrons. The van der Waals surface area contributed by atoms with Gasteiger partial charge in [0, 0.05) is 13.6 Å². The van der Waals surface area contributed by atoms with Gasteiger partial charge in [0.2, 0.25) is 5.91 Å². The van der Waals surface area contributed by atoms with Crippen molar-refractivity contribution in [3.8, 4) is 0 Å². The third-order valence-corrected chi connectivity index (χ3v) is 1.03. The predicted molar refractivity (Wildman–Crippen MR) is 47.7 cm³/mol. The highest BCUT2D eigenvalue weighted by Gasteiger charge is 1.96. The second-order valence-corrected chi connectivity index (χ2v) is 2.90. The Balaban J connectivity index is 0. The maximum atomic E-state index is 10.6. The van der Waals surface area contributed by atoms with E-state index < -0.39 is 10.4 Å². The Morgan fingerprint density at radius 2 is 1.85 bits per heavy atom. The van der Waals surface area contributed by atoms with E-state index in [0.29, 0.717) is 0 Å². The molecule has 2 N–H and O–H groups in total. The van der Waals surface area contributed by atoms with E-state index in [2.05, 4.69) is 6.58 Å². The number of rotatable bonds is 2. The summed E-state index contributed by atoms with van der Waals surface area (Å²) in [6.07, 6.45) is 1.31. The Morgan fingerprint density at radius 3 is 1.92 bits per heavy atom. The molecule has 0 rings (SSSR count). The number of hydrogen-bond acceptors (Lipinski definition) is 3. The Labute approximate surface area is 77.4 Å². The van der Waals surface area contributed by atoms with Crippen LogP contribution in [0.4, 0.5) is 0 Å². The normalized spacial score (nSPS) is 9.54. The van der Waals surface area contributed by atoms with Gasteiger partial charge in [-0.05, 0) is 13.0 Å². The van der Waals surface area contributed by atoms with E-state index in [1.165, 1.54) is 6.08 Å². The third-order valence-electron chi connectivity index (χ3n) is 1.03. The van der Waals surface area contributed by atoms with Crippen LogP contribution in [-0.4, -0.2) is 41.9 Å². The molecule has 0 fully saturated rings. The third kappa shape index (κ3) is 18.2. The number of amides is 1. The zero-order valence-corrected chi connectivity index (χ0v) is 8.28. The Hall–Kier alpha value is -0.920. The molecule has 1 amide bonds. The SMILES string of the molecule is C=CC(=O)N(C)CC.O=S(=O)(O)O. The summed E-state index contributed by atoms with van der Waals surface area (Å²) in [5, 5.41) is 0. The van der Waals surface area contributed by atoms with Crippen molar-refractivity contribution < 1.29 is 22.3 Å². The maximum Gasteiger partial charge on any atom is 0.394 e. The first-order chi connectivity index (χ1) is 5.72. The quantitative estimate of drug-likeness (QED) is 0.495. The number of likely N-dealkylation sites (N-methyl/N-ethyl adjacent to an activating group) is 1. The molecule has 6 nitrogen and oxygen atoms in total. The lowest BCUT2D eigenvalue weighted by atomic mass is 10.5. The Bertz CT molecular complexity index is 250. The molecule has 0 aliphatic heterocycles. The van der Waals surface area contributed by atoms with Crippen molar-refractivity contribution in [2.24, 2.45) is 0 Å². The van der Waals surface area contributed by atoms with Gasteiger partial charge in [0.15, 0.2) is 0 Å². The van der Waals surface area contributed by atoms with Crippen LogP contribution in [0.3, 0.4) is 0 Å². The number of hydrogen-bond donors (Lipinski definition) is 2. The molecule has 0 atom stereocenters. The summed E-state index contributed by atoms with van der Waals surface area (Å²) in [4.78, 5) is 12.1. The Morgan fingerprint density at radius 1 is 1.54 bits per heavy atom. The van der Waals surface area contributed by atoms with Crippen molar-refractivity contribution >= 4 is 16.3 Å². The van der Waals surface area contributed by atoms with Gasteiger partial charge in [0.05, 0.1) is 0 Å². The van der Waals surface area contributed by atoms with Gasteiger partial charge in [-0.25, -0.2) is 0 Å². The molecule has 0 saturated carbocycles. The van der Waals surface area contributed by atoms with Crippen LogP contribution in [0.15, 0.2) is 12.7 Å². The average molecular weight is 211 g/mol. The molecule has 0 aromatic carbocycles. The average Bonchev–Trinajstić information content (AvgIpc) is 1.98. The molecule has 0 aromatic heterocycles. The summed E-state index contributed by atoms with van der Waals surface area (Å²) in [5.74, 6) is -0.0208. The number of carbonyl (C=O) groups excluding carboxylic acids is 1. The van der Waals surface area contributed by atoms with E-state index >= 15 is 0 Å². The van der Waals surface area contributed by atoms with Gasteiger partial charge in [-0.15, -0.1) is 0 Å². The summed E-state index contributed by atoms with van der Waals surface area (Å²) >= 11 is 0. The van der Waals surface area contributed by atoms with E-state index in [1.54, 1.807) is 11.9 Å². The van der Waals surface area contributed by atoms with Gasteiger partial charge in [-0.1, -0.05) is 6.58 Å². The van der Waals surface area contributed by atoms with Crippen LogP contribution in [-0.2, 0) is 15.2 Å². The highest BCUT2D eigenvalue weighted by atomic mass is 32.3. The molecular weight excluding hydrogens is 198 g/mol. The molecule has 0 radical (unpaired) electrons. The molecule has 0 aliphatic rings. The molecule has 0 unspecified atom stereocenters. The monoisotopic (exact) mass is 211 g/mol. The van der Waals surface area contributed by atoms with Gasteiger partial charge in [-0.3, -0.25) is 13.9 Å². The van der Waals surface area contributed by atoms with Crippen molar-refractivity contribution in [1.29, 1.82) is 0 Å². The molecule has 0 bridgehead atoms. The molecule has 0 saturated heterocycles. The minimum atomic E-state index is -4.67. The van der Waals surface area contributed by atoms with Crippen LogP contribution < -0.4 is 0 Å². The van der Waals surface area contributed by atoms with Crippen molar-refractivity contribution in [3.63, 3.8) is 0 Å². The fourth-order valence-electron chi connectivity index (χ4n) is 0.312. The van der Waals surface area contributed by atoms with Crippen molar-refractivity contribution in [2.75, 3.05) is 13.6 Å². The van der Waals surface area contributed by atoms with Gasteiger partial charge < -0.3 is 4.90 Å². The number of nitrogens with zero attached hydrogens (tertiary/aromatic N) is 1. The van der Waals surface area contributed by atoms with Crippen LogP contribution in [0.25, 0.3) is 0 Å². The topological polar surface area (TPSA) is 94.9 Å². The van der Waals surface area contributed by atoms with Crippen molar-refractivity contribution in [3.05, 3.63) is 12.7 Å². The molecule has 0 heterocycles. The summed E-state index contributed by atoms with van der Waals surface area (Å²) in [7, 11) is -2.93. The Kier molecular flexibility index (Phi) is 7.39. The minimum absolute atomic E-state index is 0.0208. The van der Waals surface area contributed by atoms with E-state index in [4.69, 9.17) is 17.5 Å². The zero-order valence-electron chi connectivity index (χ0n) is 7.47. The summed E-state index contributed by atoms with van der Waals surface area (Å²) < 4.78 is 31.6. The fraction of sp³-hybridized carbons (Fsp3) is 0.500. The van der Waals surface area contributed by atoms with E-state index in [0.717, 1.165) is 6.54 Å². The van der Waals surface area contributed by atoms with Crippen molar-refractivity contribution in [1.82, 2.24) is 4.90 Å². The first kappa shape index (κ1) is 14.6. The van der Waals surface area contributed by atoms with Crippen LogP contribution in [0.2, 0.25) is 0 Å². The van der Waals surface area contributed by atoms with Crippen LogP contribution in [0, 0.1) is 0 Å². The largest absolute Gasteiger partial charge is 0.394 e. The van der Waals surface area contributed by atoms with Gasteiger partial charge in [0.25, 0.3) is 0 Å². The van der Waals surface area contributed by atoms with E-state index in [1.807, 2.05) is 6.92 Å². The van der Waals surface area contributed by atoms with Crippen LogP contribution in [0.1, 0.15) is 6.92 Å². The predicted octanol–water partition coefficient (Wildman–Crippen LogP) is -0.00210. The molecule has 0 aromatic rings. The lowest BCUT2D eigenvalue weighted by Crippen LogP contribution is -2.23. The second kappa shape index (κ2) is 6.58. The van der Waals surface area contributed by atoms with Gasteiger partial charge in [-0.2, -0.15) is 8.42 Å². The van der Waals surface area contributed by atoms with Gasteiger partial charge >= 0.3 is 10.4 Å². The second-order valence-electron chi connectivity index (χ2n) is 2.00. The zero-order chi connectivity index (χ0) is 11.1.